The molecule has 0 saturated carbocycles. The fourth-order valence-electron chi connectivity index (χ4n) is 5.46. The maximum Gasteiger partial charge on any atom is 0.438 e. The van der Waals surface area contributed by atoms with Crippen LogP contribution >= 0.6 is 0 Å². The molecule has 248 valence electrons. The van der Waals surface area contributed by atoms with Crippen LogP contribution in [-0.4, -0.2) is 49.4 Å². The third-order valence-electron chi connectivity index (χ3n) is 8.08. The van der Waals surface area contributed by atoms with E-state index in [9.17, 15) is 31.1 Å². The molecule has 2 aromatic carbocycles. The standard InChI is InChI=1S/C35H37F6NO4/c1-7-32(8-2,28-13-14-29(24(5)19-28)30-15-10-25(21-42-30)20-31(43)45-9-3)27-12-11-26(23(4)18-27)16-17-33(34(36,37)38,35(39,40)41)46-22-44-6/h10-15,18-19,21H,7-9,20,22H2,1-6H3. The van der Waals surface area contributed by atoms with Gasteiger partial charge in [0.1, 0.15) is 6.79 Å². The molecule has 3 aromatic rings. The Labute approximate surface area is 265 Å². The number of halogens is 6. The molecule has 1 heterocycles. The van der Waals surface area contributed by atoms with E-state index < -0.39 is 30.2 Å². The van der Waals surface area contributed by atoms with Crippen LogP contribution in [0, 0.1) is 25.7 Å². The third kappa shape index (κ3) is 7.56. The van der Waals surface area contributed by atoms with E-state index in [0.717, 1.165) is 40.6 Å². The van der Waals surface area contributed by atoms with Crippen LogP contribution in [-0.2, 0) is 30.8 Å². The Balaban J connectivity index is 2.00. The van der Waals surface area contributed by atoms with Crippen molar-refractivity contribution in [1.82, 2.24) is 4.98 Å². The van der Waals surface area contributed by atoms with Crippen molar-refractivity contribution in [2.45, 2.75) is 77.2 Å². The van der Waals surface area contributed by atoms with Gasteiger partial charge in [-0.15, -0.1) is 0 Å². The van der Waals surface area contributed by atoms with Gasteiger partial charge in [-0.25, -0.2) is 0 Å². The summed E-state index contributed by atoms with van der Waals surface area (Å²) in [6.45, 7) is 8.40. The van der Waals surface area contributed by atoms with Gasteiger partial charge < -0.3 is 14.2 Å². The van der Waals surface area contributed by atoms with Crippen LogP contribution in [0.3, 0.4) is 0 Å². The second kappa shape index (κ2) is 14.7. The summed E-state index contributed by atoms with van der Waals surface area (Å²) in [5, 5.41) is 0. The number of benzene rings is 2. The summed E-state index contributed by atoms with van der Waals surface area (Å²) >= 11 is 0. The predicted octanol–water partition coefficient (Wildman–Crippen LogP) is 8.41. The molecule has 1 aromatic heterocycles. The summed E-state index contributed by atoms with van der Waals surface area (Å²) < 4.78 is 95.9. The Morgan fingerprint density at radius 3 is 1.93 bits per heavy atom. The maximum absolute atomic E-state index is 13.7. The molecule has 0 aliphatic heterocycles. The highest BCUT2D eigenvalue weighted by Crippen LogP contribution is 2.46. The number of pyridine rings is 1. The van der Waals surface area contributed by atoms with E-state index in [4.69, 9.17) is 4.74 Å². The van der Waals surface area contributed by atoms with Crippen LogP contribution in [0.5, 0.6) is 0 Å². The molecule has 0 atom stereocenters. The molecule has 0 N–H and O–H groups in total. The molecular weight excluding hydrogens is 612 g/mol. The van der Waals surface area contributed by atoms with Crippen molar-refractivity contribution < 1.29 is 45.3 Å². The zero-order valence-electron chi connectivity index (χ0n) is 26.6. The molecule has 3 rings (SSSR count). The van der Waals surface area contributed by atoms with Crippen LogP contribution in [0.15, 0.2) is 54.7 Å². The van der Waals surface area contributed by atoms with Crippen molar-refractivity contribution in [3.05, 3.63) is 88.1 Å². The molecule has 0 bridgehead atoms. The maximum atomic E-state index is 13.7. The Kier molecular flexibility index (Phi) is 11.7. The first kappa shape index (κ1) is 36.6. The zero-order valence-corrected chi connectivity index (χ0v) is 26.6. The molecule has 0 spiro atoms. The molecule has 0 amide bonds. The number of methoxy groups -OCH3 is 1. The number of esters is 1. The van der Waals surface area contributed by atoms with Crippen molar-refractivity contribution in [2.75, 3.05) is 20.5 Å². The van der Waals surface area contributed by atoms with Gasteiger partial charge >= 0.3 is 23.9 Å². The van der Waals surface area contributed by atoms with Gasteiger partial charge in [-0.05, 0) is 79.5 Å². The average Bonchev–Trinajstić information content (AvgIpc) is 2.98. The first-order valence-corrected chi connectivity index (χ1v) is 14.7. The Hall–Kier alpha value is -3.88. The molecule has 0 saturated heterocycles. The number of aryl methyl sites for hydroxylation is 2. The Morgan fingerprint density at radius 1 is 0.848 bits per heavy atom. The van der Waals surface area contributed by atoms with Gasteiger partial charge in [0.2, 0.25) is 0 Å². The number of aromatic nitrogens is 1. The highest BCUT2D eigenvalue weighted by atomic mass is 19.4. The van der Waals surface area contributed by atoms with E-state index in [0.29, 0.717) is 25.0 Å². The second-order valence-corrected chi connectivity index (χ2v) is 10.9. The highest BCUT2D eigenvalue weighted by molar-refractivity contribution is 5.73. The van der Waals surface area contributed by atoms with E-state index in [1.807, 2.05) is 45.0 Å². The van der Waals surface area contributed by atoms with Crippen LogP contribution in [0.4, 0.5) is 26.3 Å². The molecule has 0 aliphatic carbocycles. The Morgan fingerprint density at radius 2 is 1.46 bits per heavy atom. The van der Waals surface area contributed by atoms with Gasteiger partial charge in [-0.1, -0.05) is 56.2 Å². The van der Waals surface area contributed by atoms with E-state index in [1.54, 1.807) is 32.2 Å². The van der Waals surface area contributed by atoms with Crippen molar-refractivity contribution >= 4 is 5.97 Å². The summed E-state index contributed by atoms with van der Waals surface area (Å²) in [5.74, 6) is 3.10. The first-order chi connectivity index (χ1) is 21.6. The van der Waals surface area contributed by atoms with Crippen molar-refractivity contribution in [3.63, 3.8) is 0 Å². The van der Waals surface area contributed by atoms with Crippen molar-refractivity contribution in [3.8, 4) is 23.1 Å². The lowest BCUT2D eigenvalue weighted by Gasteiger charge is -2.34. The number of ether oxygens (including phenoxy) is 3. The lowest BCUT2D eigenvalue weighted by atomic mass is 9.69. The number of carbonyl (C=O) groups is 1. The highest BCUT2D eigenvalue weighted by Gasteiger charge is 2.72. The number of hydrogen-bond donors (Lipinski definition) is 0. The topological polar surface area (TPSA) is 57.7 Å². The van der Waals surface area contributed by atoms with Crippen LogP contribution < -0.4 is 0 Å². The van der Waals surface area contributed by atoms with Gasteiger partial charge in [0.15, 0.2) is 0 Å². The summed E-state index contributed by atoms with van der Waals surface area (Å²) in [4.78, 5) is 16.3. The second-order valence-electron chi connectivity index (χ2n) is 10.9. The van der Waals surface area contributed by atoms with Gasteiger partial charge in [0.05, 0.1) is 18.7 Å². The van der Waals surface area contributed by atoms with E-state index in [2.05, 4.69) is 26.4 Å². The predicted molar refractivity (Wildman–Crippen MR) is 162 cm³/mol. The van der Waals surface area contributed by atoms with Crippen LogP contribution in [0.25, 0.3) is 11.3 Å². The first-order valence-electron chi connectivity index (χ1n) is 14.7. The minimum Gasteiger partial charge on any atom is -0.466 e. The molecule has 0 unspecified atom stereocenters. The molecule has 11 heteroatoms. The molecule has 5 nitrogen and oxygen atoms in total. The third-order valence-corrected chi connectivity index (χ3v) is 8.08. The van der Waals surface area contributed by atoms with Gasteiger partial charge in [-0.3, -0.25) is 9.78 Å². The SMILES string of the molecule is CCOC(=O)Cc1ccc(-c2ccc(C(CC)(CC)c3ccc(C#CC(OCOC)(C(F)(F)F)C(F)(F)F)c(C)c3)cc2C)nc1. The largest absolute Gasteiger partial charge is 0.466 e. The summed E-state index contributed by atoms with van der Waals surface area (Å²) in [6.07, 6.45) is -8.62. The van der Waals surface area contributed by atoms with Gasteiger partial charge in [-0.2, -0.15) is 26.3 Å². The average molecular weight is 650 g/mol. The zero-order chi connectivity index (χ0) is 34.3. The van der Waals surface area contributed by atoms with Gasteiger partial charge in [0, 0.05) is 29.8 Å². The smallest absolute Gasteiger partial charge is 0.438 e. The quantitative estimate of drug-likeness (QED) is 0.0904. The Bertz CT molecular complexity index is 1550. The number of nitrogens with zero attached hydrogens (tertiary/aromatic N) is 1. The number of alkyl halides is 6. The van der Waals surface area contributed by atoms with Gasteiger partial charge in [0.25, 0.3) is 0 Å². The summed E-state index contributed by atoms with van der Waals surface area (Å²) in [6, 6.07) is 14.6. The number of carbonyl (C=O) groups excluding carboxylic acids is 1. The summed E-state index contributed by atoms with van der Waals surface area (Å²) in [5.41, 5.74) is 0.392. The molecule has 0 aliphatic rings. The molecule has 0 radical (unpaired) electrons. The molecular formula is C35H37F6NO4. The van der Waals surface area contributed by atoms with E-state index in [1.165, 1.54) is 12.0 Å². The number of hydrogen-bond acceptors (Lipinski definition) is 5. The summed E-state index contributed by atoms with van der Waals surface area (Å²) in [7, 11) is 0.917. The molecule has 0 fully saturated rings. The lowest BCUT2D eigenvalue weighted by molar-refractivity contribution is -0.368. The van der Waals surface area contributed by atoms with E-state index >= 15 is 0 Å². The lowest BCUT2D eigenvalue weighted by Crippen LogP contribution is -2.58. The molecule has 46 heavy (non-hydrogen) atoms. The van der Waals surface area contributed by atoms with Crippen molar-refractivity contribution in [2.24, 2.45) is 0 Å². The number of rotatable bonds is 11. The minimum atomic E-state index is -5.87. The fourth-order valence-corrected chi connectivity index (χ4v) is 5.46. The monoisotopic (exact) mass is 649 g/mol. The van der Waals surface area contributed by atoms with Crippen molar-refractivity contribution in [1.29, 1.82) is 0 Å². The fraction of sp³-hybridized carbons (Fsp3) is 0.429. The van der Waals surface area contributed by atoms with Crippen LogP contribution in [0.2, 0.25) is 0 Å². The normalized spacial score (nSPS) is 12.4. The van der Waals surface area contributed by atoms with Crippen LogP contribution in [0.1, 0.15) is 67.0 Å². The minimum absolute atomic E-state index is 0.00718. The van der Waals surface area contributed by atoms with E-state index in [-0.39, 0.29) is 18.0 Å².